The number of aryl methyl sites for hydroxylation is 1. The molecule has 0 saturated heterocycles. The third-order valence-electron chi connectivity index (χ3n) is 3.27. The Labute approximate surface area is 119 Å². The Kier molecular flexibility index (Phi) is 4.58. The summed E-state index contributed by atoms with van der Waals surface area (Å²) in [4.78, 5) is 12.0. The van der Waals surface area contributed by atoms with Gasteiger partial charge in [0.15, 0.2) is 0 Å². The standard InChI is InChI=1S/C16H21N3O/c1-3-15(17)13-7-8-19(10-13)11-16(20)18-14-6-4-5-12(2)9-14/h4-10,15H,3,11,17H2,1-2H3,(H,18,20). The summed E-state index contributed by atoms with van der Waals surface area (Å²) in [5.41, 5.74) is 8.98. The van der Waals surface area contributed by atoms with Gasteiger partial charge in [0.2, 0.25) is 5.91 Å². The molecular formula is C16H21N3O. The van der Waals surface area contributed by atoms with E-state index in [9.17, 15) is 4.79 Å². The van der Waals surface area contributed by atoms with Crippen LogP contribution in [0, 0.1) is 6.92 Å². The molecule has 0 spiro atoms. The molecule has 1 heterocycles. The highest BCUT2D eigenvalue weighted by Crippen LogP contribution is 2.14. The first-order valence-corrected chi connectivity index (χ1v) is 6.86. The fourth-order valence-electron chi connectivity index (χ4n) is 2.10. The number of rotatable bonds is 5. The van der Waals surface area contributed by atoms with Crippen molar-refractivity contribution in [3.8, 4) is 0 Å². The number of carbonyl (C=O) groups is 1. The molecule has 0 saturated carbocycles. The van der Waals surface area contributed by atoms with Crippen LogP contribution in [0.5, 0.6) is 0 Å². The van der Waals surface area contributed by atoms with Gasteiger partial charge in [0, 0.05) is 24.1 Å². The zero-order valence-electron chi connectivity index (χ0n) is 12.0. The number of amides is 1. The van der Waals surface area contributed by atoms with Crippen molar-refractivity contribution in [3.05, 3.63) is 53.9 Å². The van der Waals surface area contributed by atoms with Gasteiger partial charge in [0.05, 0.1) is 0 Å². The third kappa shape index (κ3) is 3.71. The molecule has 0 aliphatic carbocycles. The highest BCUT2D eigenvalue weighted by Gasteiger charge is 2.07. The maximum Gasteiger partial charge on any atom is 0.244 e. The van der Waals surface area contributed by atoms with Gasteiger partial charge in [-0.1, -0.05) is 19.1 Å². The predicted molar refractivity (Wildman–Crippen MR) is 81.5 cm³/mol. The second-order valence-corrected chi connectivity index (χ2v) is 5.05. The largest absolute Gasteiger partial charge is 0.345 e. The van der Waals surface area contributed by atoms with Crippen LogP contribution < -0.4 is 11.1 Å². The second kappa shape index (κ2) is 6.39. The molecule has 4 heteroatoms. The SMILES string of the molecule is CCC(N)c1ccn(CC(=O)Nc2cccc(C)c2)c1. The minimum Gasteiger partial charge on any atom is -0.345 e. The van der Waals surface area contributed by atoms with E-state index in [1.54, 1.807) is 0 Å². The van der Waals surface area contributed by atoms with Crippen LogP contribution in [-0.4, -0.2) is 10.5 Å². The van der Waals surface area contributed by atoms with Crippen molar-refractivity contribution in [3.63, 3.8) is 0 Å². The van der Waals surface area contributed by atoms with E-state index in [-0.39, 0.29) is 11.9 Å². The quantitative estimate of drug-likeness (QED) is 0.878. The van der Waals surface area contributed by atoms with E-state index in [4.69, 9.17) is 5.73 Å². The molecule has 2 aromatic rings. The number of anilines is 1. The Morgan fingerprint density at radius 3 is 2.90 bits per heavy atom. The van der Waals surface area contributed by atoms with Crippen molar-refractivity contribution in [2.24, 2.45) is 5.73 Å². The monoisotopic (exact) mass is 271 g/mol. The number of benzene rings is 1. The molecule has 1 atom stereocenters. The molecule has 0 radical (unpaired) electrons. The molecule has 4 nitrogen and oxygen atoms in total. The van der Waals surface area contributed by atoms with Crippen LogP contribution in [0.2, 0.25) is 0 Å². The average molecular weight is 271 g/mol. The Morgan fingerprint density at radius 2 is 2.20 bits per heavy atom. The summed E-state index contributed by atoms with van der Waals surface area (Å²) in [6.07, 6.45) is 4.71. The lowest BCUT2D eigenvalue weighted by Crippen LogP contribution is -2.18. The zero-order valence-corrected chi connectivity index (χ0v) is 12.0. The third-order valence-corrected chi connectivity index (χ3v) is 3.27. The number of carbonyl (C=O) groups excluding carboxylic acids is 1. The van der Waals surface area contributed by atoms with Gasteiger partial charge in [-0.2, -0.15) is 0 Å². The molecule has 0 aliphatic rings. The van der Waals surface area contributed by atoms with E-state index in [0.717, 1.165) is 23.2 Å². The average Bonchev–Trinajstić information content (AvgIpc) is 2.86. The number of aromatic nitrogens is 1. The summed E-state index contributed by atoms with van der Waals surface area (Å²) in [5, 5.41) is 2.89. The molecule has 1 aromatic heterocycles. The van der Waals surface area contributed by atoms with E-state index in [0.29, 0.717) is 6.54 Å². The van der Waals surface area contributed by atoms with Crippen LogP contribution in [0.1, 0.15) is 30.5 Å². The van der Waals surface area contributed by atoms with Crippen molar-refractivity contribution in [1.29, 1.82) is 0 Å². The molecule has 0 fully saturated rings. The molecular weight excluding hydrogens is 250 g/mol. The Bertz CT molecular complexity index is 589. The molecule has 20 heavy (non-hydrogen) atoms. The molecule has 3 N–H and O–H groups in total. The van der Waals surface area contributed by atoms with E-state index < -0.39 is 0 Å². The predicted octanol–water partition coefficient (Wildman–Crippen LogP) is 2.85. The van der Waals surface area contributed by atoms with Crippen molar-refractivity contribution in [2.75, 3.05) is 5.32 Å². The van der Waals surface area contributed by atoms with Gasteiger partial charge in [-0.15, -0.1) is 0 Å². The Morgan fingerprint density at radius 1 is 1.40 bits per heavy atom. The smallest absolute Gasteiger partial charge is 0.244 e. The van der Waals surface area contributed by atoms with E-state index in [1.165, 1.54) is 0 Å². The first-order chi connectivity index (χ1) is 9.58. The molecule has 0 aliphatic heterocycles. The summed E-state index contributed by atoms with van der Waals surface area (Å²) in [6.45, 7) is 4.34. The highest BCUT2D eigenvalue weighted by atomic mass is 16.1. The van der Waals surface area contributed by atoms with Gasteiger partial charge in [0.25, 0.3) is 0 Å². The molecule has 106 valence electrons. The van der Waals surface area contributed by atoms with Gasteiger partial charge in [-0.3, -0.25) is 4.79 Å². The number of hydrogen-bond acceptors (Lipinski definition) is 2. The Balaban J connectivity index is 1.96. The first-order valence-electron chi connectivity index (χ1n) is 6.86. The minimum atomic E-state index is -0.0391. The molecule has 1 amide bonds. The normalized spacial score (nSPS) is 12.2. The van der Waals surface area contributed by atoms with Crippen molar-refractivity contribution in [1.82, 2.24) is 4.57 Å². The fourth-order valence-corrected chi connectivity index (χ4v) is 2.10. The van der Waals surface area contributed by atoms with Crippen LogP contribution in [0.25, 0.3) is 0 Å². The van der Waals surface area contributed by atoms with Crippen LogP contribution in [0.3, 0.4) is 0 Å². The van der Waals surface area contributed by atoms with Crippen LogP contribution in [0.4, 0.5) is 5.69 Å². The molecule has 0 bridgehead atoms. The van der Waals surface area contributed by atoms with E-state index in [1.807, 2.05) is 61.1 Å². The molecule has 2 rings (SSSR count). The topological polar surface area (TPSA) is 60.0 Å². The van der Waals surface area contributed by atoms with Gasteiger partial charge < -0.3 is 15.6 Å². The maximum absolute atomic E-state index is 12.0. The summed E-state index contributed by atoms with van der Waals surface area (Å²) in [5.74, 6) is -0.0391. The molecule has 1 unspecified atom stereocenters. The van der Waals surface area contributed by atoms with Gasteiger partial charge >= 0.3 is 0 Å². The fraction of sp³-hybridized carbons (Fsp3) is 0.312. The number of nitrogens with two attached hydrogens (primary N) is 1. The summed E-state index contributed by atoms with van der Waals surface area (Å²) in [6, 6.07) is 9.77. The van der Waals surface area contributed by atoms with Crippen molar-refractivity contribution >= 4 is 11.6 Å². The van der Waals surface area contributed by atoms with Crippen molar-refractivity contribution in [2.45, 2.75) is 32.9 Å². The van der Waals surface area contributed by atoms with Crippen LogP contribution in [-0.2, 0) is 11.3 Å². The summed E-state index contributed by atoms with van der Waals surface area (Å²) < 4.78 is 1.86. The lowest BCUT2D eigenvalue weighted by Gasteiger charge is -2.07. The first kappa shape index (κ1) is 14.3. The minimum absolute atomic E-state index is 0.0380. The summed E-state index contributed by atoms with van der Waals surface area (Å²) >= 11 is 0. The van der Waals surface area contributed by atoms with Crippen LogP contribution >= 0.6 is 0 Å². The number of hydrogen-bond donors (Lipinski definition) is 2. The lowest BCUT2D eigenvalue weighted by atomic mass is 10.1. The molecule has 1 aromatic carbocycles. The highest BCUT2D eigenvalue weighted by molar-refractivity contribution is 5.90. The number of nitrogens with zero attached hydrogens (tertiary/aromatic N) is 1. The number of nitrogens with one attached hydrogen (secondary N) is 1. The van der Waals surface area contributed by atoms with Crippen LogP contribution in [0.15, 0.2) is 42.7 Å². The van der Waals surface area contributed by atoms with Gasteiger partial charge in [0.1, 0.15) is 6.54 Å². The van der Waals surface area contributed by atoms with Gasteiger partial charge in [-0.25, -0.2) is 0 Å². The Hall–Kier alpha value is -2.07. The van der Waals surface area contributed by atoms with E-state index in [2.05, 4.69) is 5.32 Å². The second-order valence-electron chi connectivity index (χ2n) is 5.05. The zero-order chi connectivity index (χ0) is 14.5. The maximum atomic E-state index is 12.0. The van der Waals surface area contributed by atoms with Crippen molar-refractivity contribution < 1.29 is 4.79 Å². The lowest BCUT2D eigenvalue weighted by molar-refractivity contribution is -0.116. The van der Waals surface area contributed by atoms with E-state index >= 15 is 0 Å². The summed E-state index contributed by atoms with van der Waals surface area (Å²) in [7, 11) is 0. The van der Waals surface area contributed by atoms with Gasteiger partial charge in [-0.05, 0) is 42.7 Å².